The number of ether oxygens (including phenoxy) is 1. The lowest BCUT2D eigenvalue weighted by Gasteiger charge is -2.24. The molecule has 2 aromatic rings. The molecule has 1 atom stereocenters. The Kier molecular flexibility index (Phi) is 8.09. The number of nitrogens with zero attached hydrogens (tertiary/aromatic N) is 1. The molecule has 1 heterocycles. The molecule has 1 aromatic heterocycles. The van der Waals surface area contributed by atoms with Crippen molar-refractivity contribution in [2.75, 3.05) is 19.7 Å². The molecule has 0 radical (unpaired) electrons. The Labute approximate surface area is 160 Å². The molecule has 0 bridgehead atoms. The first-order valence-corrected chi connectivity index (χ1v) is 9.93. The highest BCUT2D eigenvalue weighted by Crippen LogP contribution is 2.22. The smallest absolute Gasteiger partial charge is 0.191 e. The van der Waals surface area contributed by atoms with E-state index in [-0.39, 0.29) is 0 Å². The molecule has 0 spiro atoms. The number of thiophene rings is 1. The largest absolute Gasteiger partial charge is 0.384 e. The summed E-state index contributed by atoms with van der Waals surface area (Å²) in [5.74, 6) is 0.689. The average molecular weight is 376 g/mol. The summed E-state index contributed by atoms with van der Waals surface area (Å²) in [5.41, 5.74) is 2.26. The van der Waals surface area contributed by atoms with Crippen molar-refractivity contribution in [1.82, 2.24) is 10.6 Å². The lowest BCUT2D eigenvalue weighted by molar-refractivity contribution is 0.0621. The van der Waals surface area contributed by atoms with Crippen LogP contribution < -0.4 is 10.6 Å². The Morgan fingerprint density at radius 1 is 1.19 bits per heavy atom. The Bertz CT molecular complexity index is 684. The van der Waals surface area contributed by atoms with E-state index in [2.05, 4.69) is 27.8 Å². The van der Waals surface area contributed by atoms with Crippen molar-refractivity contribution in [2.45, 2.75) is 39.5 Å². The summed E-state index contributed by atoms with van der Waals surface area (Å²) in [6, 6.07) is 10.1. The molecule has 0 aliphatic rings. The maximum Gasteiger partial charge on any atom is 0.191 e. The summed E-state index contributed by atoms with van der Waals surface area (Å²) in [6.07, 6.45) is 0. The lowest BCUT2D eigenvalue weighted by atomic mass is 9.99. The van der Waals surface area contributed by atoms with Gasteiger partial charge in [-0.2, -0.15) is 11.3 Å². The number of hydrogen-bond donors (Lipinski definition) is 3. The molecule has 2 rings (SSSR count). The van der Waals surface area contributed by atoms with E-state index in [4.69, 9.17) is 4.74 Å². The van der Waals surface area contributed by atoms with E-state index in [0.717, 1.165) is 23.2 Å². The van der Waals surface area contributed by atoms with Gasteiger partial charge in [-0.05, 0) is 54.3 Å². The van der Waals surface area contributed by atoms with Crippen LogP contribution in [0.3, 0.4) is 0 Å². The lowest BCUT2D eigenvalue weighted by Crippen LogP contribution is -2.44. The van der Waals surface area contributed by atoms with Gasteiger partial charge in [0.1, 0.15) is 5.60 Å². The van der Waals surface area contributed by atoms with E-state index in [1.807, 2.05) is 49.7 Å². The van der Waals surface area contributed by atoms with E-state index < -0.39 is 5.60 Å². The first kappa shape index (κ1) is 20.4. The molecule has 3 N–H and O–H groups in total. The maximum absolute atomic E-state index is 10.7. The van der Waals surface area contributed by atoms with Gasteiger partial charge >= 0.3 is 0 Å². The third kappa shape index (κ3) is 6.12. The normalized spacial score (nSPS) is 14.1. The van der Waals surface area contributed by atoms with Crippen LogP contribution in [0.5, 0.6) is 0 Å². The quantitative estimate of drug-likeness (QED) is 0.465. The molecule has 1 aromatic carbocycles. The molecule has 1 unspecified atom stereocenters. The average Bonchev–Trinajstić information content (AvgIpc) is 3.19. The van der Waals surface area contributed by atoms with Crippen LogP contribution in [0.2, 0.25) is 0 Å². The van der Waals surface area contributed by atoms with Crippen molar-refractivity contribution < 1.29 is 9.84 Å². The molecule has 26 heavy (non-hydrogen) atoms. The zero-order valence-corrected chi connectivity index (χ0v) is 16.6. The summed E-state index contributed by atoms with van der Waals surface area (Å²) < 4.78 is 5.54. The minimum Gasteiger partial charge on any atom is -0.384 e. The Morgan fingerprint density at radius 3 is 2.62 bits per heavy atom. The molecular weight excluding hydrogens is 346 g/mol. The second-order valence-electron chi connectivity index (χ2n) is 6.24. The maximum atomic E-state index is 10.7. The standard InChI is InChI=1S/C20H29N3O2S/c1-4-21-19(23-15-20(3,24)18-10-11-26-14-18)22-12-16-8-6-7-9-17(16)13-25-5-2/h6-11,14,24H,4-5,12-13,15H2,1-3H3,(H2,21,22,23). The first-order chi connectivity index (χ1) is 12.6. The number of rotatable bonds is 9. The van der Waals surface area contributed by atoms with Gasteiger partial charge in [0.2, 0.25) is 0 Å². The molecule has 0 aliphatic heterocycles. The second-order valence-corrected chi connectivity index (χ2v) is 7.02. The summed E-state index contributed by atoms with van der Waals surface area (Å²) in [5, 5.41) is 21.1. The minimum absolute atomic E-state index is 0.385. The minimum atomic E-state index is -0.941. The van der Waals surface area contributed by atoms with Gasteiger partial charge < -0.3 is 20.5 Å². The highest BCUT2D eigenvalue weighted by atomic mass is 32.1. The SMILES string of the molecule is CCNC(=NCc1ccccc1COCC)NCC(C)(O)c1ccsc1. The van der Waals surface area contributed by atoms with Gasteiger partial charge in [0.05, 0.1) is 19.7 Å². The molecule has 0 saturated heterocycles. The third-order valence-corrected chi connectivity index (χ3v) is 4.76. The van der Waals surface area contributed by atoms with Crippen LogP contribution in [0.1, 0.15) is 37.5 Å². The highest BCUT2D eigenvalue weighted by molar-refractivity contribution is 7.08. The predicted molar refractivity (Wildman–Crippen MR) is 108 cm³/mol. The number of nitrogens with one attached hydrogen (secondary N) is 2. The topological polar surface area (TPSA) is 65.9 Å². The van der Waals surface area contributed by atoms with Crippen molar-refractivity contribution >= 4 is 17.3 Å². The molecule has 5 nitrogen and oxygen atoms in total. The highest BCUT2D eigenvalue weighted by Gasteiger charge is 2.23. The second kappa shape index (κ2) is 10.3. The third-order valence-electron chi connectivity index (χ3n) is 4.07. The fourth-order valence-corrected chi connectivity index (χ4v) is 3.28. The van der Waals surface area contributed by atoms with Crippen LogP contribution >= 0.6 is 11.3 Å². The zero-order chi connectivity index (χ0) is 18.8. The van der Waals surface area contributed by atoms with Crippen LogP contribution in [-0.4, -0.2) is 30.8 Å². The van der Waals surface area contributed by atoms with E-state index >= 15 is 0 Å². The number of aliphatic imine (C=N–C) groups is 1. The van der Waals surface area contributed by atoms with Crippen LogP contribution in [0.4, 0.5) is 0 Å². The van der Waals surface area contributed by atoms with Crippen molar-refractivity contribution in [3.63, 3.8) is 0 Å². The zero-order valence-electron chi connectivity index (χ0n) is 15.8. The van der Waals surface area contributed by atoms with Gasteiger partial charge in [0.25, 0.3) is 0 Å². The Balaban J connectivity index is 2.03. The summed E-state index contributed by atoms with van der Waals surface area (Å²) in [4.78, 5) is 4.67. The summed E-state index contributed by atoms with van der Waals surface area (Å²) in [6.45, 7) is 8.81. The summed E-state index contributed by atoms with van der Waals surface area (Å²) >= 11 is 1.58. The molecule has 0 fully saturated rings. The summed E-state index contributed by atoms with van der Waals surface area (Å²) in [7, 11) is 0. The van der Waals surface area contributed by atoms with Gasteiger partial charge in [0.15, 0.2) is 5.96 Å². The predicted octanol–water partition coefficient (Wildman–Crippen LogP) is 3.25. The van der Waals surface area contributed by atoms with Crippen LogP contribution in [-0.2, 0) is 23.5 Å². The van der Waals surface area contributed by atoms with E-state index in [0.29, 0.717) is 32.3 Å². The van der Waals surface area contributed by atoms with Gasteiger partial charge in [0, 0.05) is 13.2 Å². The van der Waals surface area contributed by atoms with Crippen LogP contribution in [0, 0.1) is 0 Å². The van der Waals surface area contributed by atoms with Gasteiger partial charge in [-0.1, -0.05) is 24.3 Å². The number of benzene rings is 1. The van der Waals surface area contributed by atoms with Crippen LogP contribution in [0.25, 0.3) is 0 Å². The van der Waals surface area contributed by atoms with Crippen molar-refractivity contribution in [2.24, 2.45) is 4.99 Å². The van der Waals surface area contributed by atoms with E-state index in [9.17, 15) is 5.11 Å². The monoisotopic (exact) mass is 375 g/mol. The van der Waals surface area contributed by atoms with Crippen molar-refractivity contribution in [3.8, 4) is 0 Å². The fraction of sp³-hybridized carbons (Fsp3) is 0.450. The van der Waals surface area contributed by atoms with E-state index in [1.54, 1.807) is 11.3 Å². The molecule has 0 amide bonds. The first-order valence-electron chi connectivity index (χ1n) is 8.98. The molecule has 142 valence electrons. The molecule has 6 heteroatoms. The Hall–Kier alpha value is -1.89. The van der Waals surface area contributed by atoms with Crippen molar-refractivity contribution in [3.05, 3.63) is 57.8 Å². The van der Waals surface area contributed by atoms with Crippen LogP contribution in [0.15, 0.2) is 46.1 Å². The van der Waals surface area contributed by atoms with Gasteiger partial charge in [-0.15, -0.1) is 0 Å². The molecular formula is C20H29N3O2S. The number of guanidine groups is 1. The molecule has 0 aliphatic carbocycles. The number of hydrogen-bond acceptors (Lipinski definition) is 4. The van der Waals surface area contributed by atoms with Crippen molar-refractivity contribution in [1.29, 1.82) is 0 Å². The fourth-order valence-electron chi connectivity index (χ4n) is 2.50. The van der Waals surface area contributed by atoms with Gasteiger partial charge in [-0.25, -0.2) is 4.99 Å². The van der Waals surface area contributed by atoms with E-state index in [1.165, 1.54) is 0 Å². The Morgan fingerprint density at radius 2 is 1.96 bits per heavy atom. The van der Waals surface area contributed by atoms with Gasteiger partial charge in [-0.3, -0.25) is 0 Å². The molecule has 0 saturated carbocycles. The number of aliphatic hydroxyl groups is 1.